The zero-order valence-corrected chi connectivity index (χ0v) is 20.3. The third-order valence-electron chi connectivity index (χ3n) is 0. The molecule has 0 aromatic heterocycles. The van der Waals surface area contributed by atoms with Crippen molar-refractivity contribution in [1.29, 1.82) is 0 Å². The molecule has 0 aliphatic carbocycles. The minimum absolute atomic E-state index is 0. The Bertz CT molecular complexity index is 142. The molecule has 0 saturated heterocycles. The molecule has 0 aliphatic rings. The molecule has 18 nitrogen and oxygen atoms in total. The maximum absolute atomic E-state index is 8.25. The van der Waals surface area contributed by atoms with Crippen LogP contribution in [0, 0.1) is 30.6 Å². The Hall–Kier alpha value is -0.623. The van der Waals surface area contributed by atoms with Crippen molar-refractivity contribution in [1.82, 2.24) is 0 Å². The Kier molecular flexibility index (Phi) is 734. The van der Waals surface area contributed by atoms with E-state index in [2.05, 4.69) is 0 Å². The fourth-order valence-corrected chi connectivity index (χ4v) is 0. The number of hydrogen-bond acceptors (Lipinski definition) is 16. The summed E-state index contributed by atoms with van der Waals surface area (Å²) in [7, 11) is 0. The molecule has 188 valence electrons. The monoisotopic (exact) mass is 796 g/mol. The Morgan fingerprint density at radius 2 is 0.500 bits per heavy atom. The Morgan fingerprint density at radius 3 is 0.500 bits per heavy atom. The van der Waals surface area contributed by atoms with E-state index in [1.807, 2.05) is 27.7 Å². The van der Waals surface area contributed by atoms with Crippen LogP contribution in [-0.4, -0.2) is 69.2 Å². The van der Waals surface area contributed by atoms with E-state index >= 15 is 0 Å². The van der Waals surface area contributed by atoms with Crippen LogP contribution < -0.4 is 22.9 Å². The second-order valence-corrected chi connectivity index (χ2v) is 2.08. The zero-order valence-electron chi connectivity index (χ0n) is 15.8. The van der Waals surface area contributed by atoms with Crippen LogP contribution in [0.3, 0.4) is 0 Å². The molecule has 0 amide bonds. The van der Waals surface area contributed by atoms with Gasteiger partial charge >= 0.3 is 42.1 Å². The molecule has 0 aromatic rings. The Morgan fingerprint density at radius 1 is 0.500 bits per heavy atom. The van der Waals surface area contributed by atoms with E-state index in [0.717, 1.165) is 26.2 Å². The van der Waals surface area contributed by atoms with Crippen LogP contribution in [0.2, 0.25) is 0 Å². The zero-order chi connectivity index (χ0) is 18.0. The summed E-state index contributed by atoms with van der Waals surface area (Å²) in [5, 5.41) is 29.5. The van der Waals surface area contributed by atoms with Crippen LogP contribution in [0.4, 0.5) is 0 Å². The maximum atomic E-state index is 8.25. The molecule has 28 heavy (non-hydrogen) atoms. The van der Waals surface area contributed by atoms with Gasteiger partial charge in [0.15, 0.2) is 0 Å². The SMILES string of the molecule is CCN.CCN.CCN.CCN.O=[N+]([O-])[O-].O=[N+]([O-])[O-].[OH-].[OH-].[OH-].[OH-].[OH-].[OH-].[Pt+4].[Pt+4]. The van der Waals surface area contributed by atoms with Gasteiger partial charge in [-0.15, -0.1) is 0 Å². The van der Waals surface area contributed by atoms with Crippen molar-refractivity contribution in [2.45, 2.75) is 27.7 Å². The van der Waals surface area contributed by atoms with Gasteiger partial charge in [0.1, 0.15) is 0 Å². The molecule has 0 fully saturated rings. The molecule has 14 N–H and O–H groups in total. The second kappa shape index (κ2) is 193. The molecule has 0 heterocycles. The van der Waals surface area contributed by atoms with Crippen molar-refractivity contribution in [3.63, 3.8) is 0 Å². The molecular weight excluding hydrogens is 762 g/mol. The van der Waals surface area contributed by atoms with Gasteiger partial charge in [-0.3, -0.25) is 0 Å². The predicted octanol–water partition coefficient (Wildman–Crippen LogP) is -1.68. The minimum Gasteiger partial charge on any atom is -0.870 e. The molecule has 0 spiro atoms. The molecule has 20 heteroatoms. The topological polar surface area (TPSA) is 416 Å². The van der Waals surface area contributed by atoms with Gasteiger partial charge < -0.3 is 86.4 Å². The molecule has 0 saturated carbocycles. The number of rotatable bonds is 0. The summed E-state index contributed by atoms with van der Waals surface area (Å²) < 4.78 is 0. The average Bonchev–Trinajstić information content (AvgIpc) is 2.18. The Balaban J connectivity index is -0.00000000665. The van der Waals surface area contributed by atoms with Crippen LogP contribution >= 0.6 is 0 Å². The summed E-state index contributed by atoms with van der Waals surface area (Å²) in [5.41, 5.74) is 19.4. The summed E-state index contributed by atoms with van der Waals surface area (Å²) >= 11 is 0. The predicted molar refractivity (Wildman–Crippen MR) is 91.3 cm³/mol. The first kappa shape index (κ1) is 106. The standard InChI is InChI=1S/4C2H7N.2NO3.6H2O.2Pt/c4*1-2-3;2*2-1(3)4;;;;;;;;/h4*2-3H2,1H3;;;6*1H2;;/q;;;;2*-1;;;;;;;2*+4/p-6. The van der Waals surface area contributed by atoms with Crippen molar-refractivity contribution in [3.05, 3.63) is 30.6 Å². The molecular formula is C8H34N6O12Pt2. The summed E-state index contributed by atoms with van der Waals surface area (Å²) in [6, 6.07) is 0. The van der Waals surface area contributed by atoms with E-state index in [4.69, 9.17) is 53.6 Å². The van der Waals surface area contributed by atoms with Crippen LogP contribution in [0.15, 0.2) is 0 Å². The van der Waals surface area contributed by atoms with Crippen LogP contribution in [0.25, 0.3) is 0 Å². The number of nitrogens with two attached hydrogens (primary N) is 4. The van der Waals surface area contributed by atoms with E-state index in [1.54, 1.807) is 0 Å². The molecule has 0 atom stereocenters. The third kappa shape index (κ3) is 38800. The van der Waals surface area contributed by atoms with Gasteiger partial charge in [-0.2, -0.15) is 0 Å². The van der Waals surface area contributed by atoms with Gasteiger partial charge in [0.25, 0.3) is 0 Å². The van der Waals surface area contributed by atoms with Gasteiger partial charge in [-0.05, 0) is 26.2 Å². The average molecular weight is 797 g/mol. The van der Waals surface area contributed by atoms with Crippen LogP contribution in [0.5, 0.6) is 0 Å². The van der Waals surface area contributed by atoms with Gasteiger partial charge in [0, 0.05) is 0 Å². The molecule has 0 radical (unpaired) electrons. The van der Waals surface area contributed by atoms with E-state index in [1.165, 1.54) is 0 Å². The van der Waals surface area contributed by atoms with E-state index < -0.39 is 10.2 Å². The fraction of sp³-hybridized carbons (Fsp3) is 1.00. The summed E-state index contributed by atoms with van der Waals surface area (Å²) in [4.78, 5) is 16.5. The normalized spacial score (nSPS) is 4.29. The number of hydrogen-bond donors (Lipinski definition) is 4. The summed E-state index contributed by atoms with van der Waals surface area (Å²) in [6.45, 7) is 10.6. The first-order valence-electron chi connectivity index (χ1n) is 5.56. The van der Waals surface area contributed by atoms with Crippen molar-refractivity contribution < 1.29 is 85.2 Å². The van der Waals surface area contributed by atoms with E-state index in [0.29, 0.717) is 0 Å². The minimum atomic E-state index is -1.75. The molecule has 0 bridgehead atoms. The summed E-state index contributed by atoms with van der Waals surface area (Å²) in [6.07, 6.45) is 0. The number of nitrogens with zero attached hydrogens (tertiary/aromatic N) is 2. The molecule has 0 aliphatic heterocycles. The van der Waals surface area contributed by atoms with Gasteiger partial charge in [-0.1, -0.05) is 27.7 Å². The first-order chi connectivity index (χ1) is 9.12. The third-order valence-corrected chi connectivity index (χ3v) is 0. The molecule has 0 rings (SSSR count). The summed E-state index contributed by atoms with van der Waals surface area (Å²) in [5.74, 6) is 0. The smallest absolute Gasteiger partial charge is 0.870 e. The molecule has 0 unspecified atom stereocenters. The van der Waals surface area contributed by atoms with Crippen molar-refractivity contribution >= 4 is 0 Å². The van der Waals surface area contributed by atoms with Crippen molar-refractivity contribution in [2.24, 2.45) is 22.9 Å². The van der Waals surface area contributed by atoms with E-state index in [-0.39, 0.29) is 75.0 Å². The molecule has 0 aromatic carbocycles. The van der Waals surface area contributed by atoms with Gasteiger partial charge in [0.2, 0.25) is 0 Å². The van der Waals surface area contributed by atoms with E-state index in [9.17, 15) is 0 Å². The van der Waals surface area contributed by atoms with Crippen LogP contribution in [0.1, 0.15) is 27.7 Å². The van der Waals surface area contributed by atoms with Crippen molar-refractivity contribution in [2.75, 3.05) is 26.2 Å². The maximum Gasteiger partial charge on any atom is 4.00 e. The second-order valence-electron chi connectivity index (χ2n) is 2.08. The quantitative estimate of drug-likeness (QED) is 0.157. The van der Waals surface area contributed by atoms with Gasteiger partial charge in [-0.25, -0.2) is 0 Å². The largest absolute Gasteiger partial charge is 4.00 e. The van der Waals surface area contributed by atoms with Crippen LogP contribution in [-0.2, 0) is 42.1 Å². The fourth-order valence-electron chi connectivity index (χ4n) is 0. The Labute approximate surface area is 192 Å². The first-order valence-corrected chi connectivity index (χ1v) is 5.56. The van der Waals surface area contributed by atoms with Gasteiger partial charge in [0.05, 0.1) is 10.2 Å². The van der Waals surface area contributed by atoms with Crippen molar-refractivity contribution in [3.8, 4) is 0 Å².